The predicted molar refractivity (Wildman–Crippen MR) is 77.8 cm³/mol. The van der Waals surface area contributed by atoms with E-state index in [0.717, 1.165) is 6.07 Å². The van der Waals surface area contributed by atoms with Crippen LogP contribution in [0.3, 0.4) is 0 Å². The average molecular weight is 349 g/mol. The van der Waals surface area contributed by atoms with Gasteiger partial charge in [-0.3, -0.25) is 4.57 Å². The molecule has 0 atom stereocenters. The molecule has 21 heavy (non-hydrogen) atoms. The molecular formula is C14H7BrF2N4. The van der Waals surface area contributed by atoms with Crippen LogP contribution in [0.15, 0.2) is 34.8 Å². The number of hydrogen-bond acceptors (Lipinski definition) is 3. The van der Waals surface area contributed by atoms with E-state index >= 15 is 0 Å². The SMILES string of the molecule is N#Cc1cc(Br)ccc1-n1c(N)nc2ccc(F)c(F)c21. The van der Waals surface area contributed by atoms with Gasteiger partial charge in [-0.05, 0) is 30.3 Å². The summed E-state index contributed by atoms with van der Waals surface area (Å²) >= 11 is 3.25. The van der Waals surface area contributed by atoms with Crippen molar-refractivity contribution in [3.8, 4) is 11.8 Å². The topological polar surface area (TPSA) is 67.6 Å². The van der Waals surface area contributed by atoms with Crippen molar-refractivity contribution in [1.82, 2.24) is 9.55 Å². The van der Waals surface area contributed by atoms with Crippen LogP contribution in [-0.4, -0.2) is 9.55 Å². The molecule has 4 nitrogen and oxygen atoms in total. The second-order valence-electron chi connectivity index (χ2n) is 4.31. The summed E-state index contributed by atoms with van der Waals surface area (Å²) in [5.74, 6) is -2.07. The number of rotatable bonds is 1. The highest BCUT2D eigenvalue weighted by Gasteiger charge is 2.19. The molecule has 0 bridgehead atoms. The lowest BCUT2D eigenvalue weighted by Gasteiger charge is -2.09. The number of nitriles is 1. The third kappa shape index (κ3) is 2.04. The monoisotopic (exact) mass is 348 g/mol. The first-order chi connectivity index (χ1) is 10.0. The molecule has 0 unspecified atom stereocenters. The van der Waals surface area contributed by atoms with Crippen LogP contribution in [0.4, 0.5) is 14.7 Å². The molecule has 2 aromatic carbocycles. The number of nitrogen functional groups attached to an aromatic ring is 1. The standard InChI is InChI=1S/C14H7BrF2N4/c15-8-1-4-11(7(5-8)6-18)21-13-10(20-14(21)19)3-2-9(16)12(13)17/h1-5H,(H2,19,20). The van der Waals surface area contributed by atoms with E-state index in [0.29, 0.717) is 10.2 Å². The quantitative estimate of drug-likeness (QED) is 0.731. The Hall–Kier alpha value is -2.46. The highest BCUT2D eigenvalue weighted by molar-refractivity contribution is 9.10. The zero-order valence-corrected chi connectivity index (χ0v) is 12.0. The van der Waals surface area contributed by atoms with Crippen molar-refractivity contribution in [1.29, 1.82) is 5.26 Å². The Morgan fingerprint density at radius 2 is 2.00 bits per heavy atom. The van der Waals surface area contributed by atoms with Gasteiger partial charge in [-0.2, -0.15) is 5.26 Å². The molecular weight excluding hydrogens is 342 g/mol. The van der Waals surface area contributed by atoms with E-state index in [2.05, 4.69) is 20.9 Å². The van der Waals surface area contributed by atoms with Gasteiger partial charge in [-0.15, -0.1) is 0 Å². The summed E-state index contributed by atoms with van der Waals surface area (Å²) in [6, 6.07) is 9.16. The number of anilines is 1. The van der Waals surface area contributed by atoms with Crippen LogP contribution in [0, 0.1) is 23.0 Å². The van der Waals surface area contributed by atoms with Crippen molar-refractivity contribution in [2.45, 2.75) is 0 Å². The van der Waals surface area contributed by atoms with Gasteiger partial charge in [-0.25, -0.2) is 13.8 Å². The molecule has 1 aromatic heterocycles. The lowest BCUT2D eigenvalue weighted by Crippen LogP contribution is -2.04. The van der Waals surface area contributed by atoms with Gasteiger partial charge >= 0.3 is 0 Å². The van der Waals surface area contributed by atoms with Crippen LogP contribution in [-0.2, 0) is 0 Å². The molecule has 0 saturated carbocycles. The van der Waals surface area contributed by atoms with Gasteiger partial charge in [0.2, 0.25) is 5.95 Å². The minimum atomic E-state index is -1.05. The zero-order valence-electron chi connectivity index (χ0n) is 10.4. The van der Waals surface area contributed by atoms with Crippen LogP contribution < -0.4 is 5.73 Å². The first kappa shape index (κ1) is 13.5. The Kier molecular flexibility index (Phi) is 3.11. The maximum atomic E-state index is 14.1. The second-order valence-corrected chi connectivity index (χ2v) is 5.22. The summed E-state index contributed by atoms with van der Waals surface area (Å²) in [6.45, 7) is 0. The van der Waals surface area contributed by atoms with Crippen molar-refractivity contribution in [3.05, 3.63) is 52.0 Å². The number of fused-ring (bicyclic) bond motifs is 1. The van der Waals surface area contributed by atoms with E-state index in [4.69, 9.17) is 5.73 Å². The van der Waals surface area contributed by atoms with Crippen molar-refractivity contribution in [2.75, 3.05) is 5.73 Å². The Morgan fingerprint density at radius 3 is 2.71 bits per heavy atom. The molecule has 7 heteroatoms. The van der Waals surface area contributed by atoms with Gasteiger partial charge in [0, 0.05) is 4.47 Å². The molecule has 0 fully saturated rings. The van der Waals surface area contributed by atoms with Gasteiger partial charge in [0.05, 0.1) is 16.8 Å². The minimum Gasteiger partial charge on any atom is -0.369 e. The summed E-state index contributed by atoms with van der Waals surface area (Å²) in [5, 5.41) is 9.22. The Bertz CT molecular complexity index is 911. The molecule has 1 heterocycles. The van der Waals surface area contributed by atoms with Crippen molar-refractivity contribution < 1.29 is 8.78 Å². The zero-order chi connectivity index (χ0) is 15.1. The fourth-order valence-corrected chi connectivity index (χ4v) is 2.52. The largest absolute Gasteiger partial charge is 0.369 e. The maximum absolute atomic E-state index is 14.1. The normalized spacial score (nSPS) is 10.8. The lowest BCUT2D eigenvalue weighted by molar-refractivity contribution is 0.514. The lowest BCUT2D eigenvalue weighted by atomic mass is 10.2. The fourth-order valence-electron chi connectivity index (χ4n) is 2.16. The smallest absolute Gasteiger partial charge is 0.206 e. The molecule has 2 N–H and O–H groups in total. The summed E-state index contributed by atoms with van der Waals surface area (Å²) in [7, 11) is 0. The number of hydrogen-bond donors (Lipinski definition) is 1. The van der Waals surface area contributed by atoms with E-state index in [-0.39, 0.29) is 22.5 Å². The highest BCUT2D eigenvalue weighted by atomic mass is 79.9. The first-order valence-corrected chi connectivity index (χ1v) is 6.64. The van der Waals surface area contributed by atoms with E-state index < -0.39 is 11.6 Å². The van der Waals surface area contributed by atoms with Crippen LogP contribution in [0.25, 0.3) is 16.7 Å². The Balaban J connectivity index is 2.44. The Morgan fingerprint density at radius 1 is 1.24 bits per heavy atom. The third-order valence-corrected chi connectivity index (χ3v) is 3.55. The molecule has 0 saturated heterocycles. The molecule has 3 aromatic rings. The van der Waals surface area contributed by atoms with Gasteiger partial charge < -0.3 is 5.73 Å². The Labute approximate surface area is 126 Å². The number of nitrogens with zero attached hydrogens (tertiary/aromatic N) is 3. The molecule has 104 valence electrons. The minimum absolute atomic E-state index is 0.0201. The number of benzene rings is 2. The maximum Gasteiger partial charge on any atom is 0.206 e. The van der Waals surface area contributed by atoms with E-state index in [9.17, 15) is 14.0 Å². The second kappa shape index (κ2) is 4.82. The summed E-state index contributed by atoms with van der Waals surface area (Å²) < 4.78 is 29.5. The fraction of sp³-hybridized carbons (Fsp3) is 0. The molecule has 0 aliphatic heterocycles. The van der Waals surface area contributed by atoms with Crippen molar-refractivity contribution in [3.63, 3.8) is 0 Å². The van der Waals surface area contributed by atoms with Crippen LogP contribution in [0.2, 0.25) is 0 Å². The van der Waals surface area contributed by atoms with Crippen LogP contribution >= 0.6 is 15.9 Å². The molecule has 0 amide bonds. The third-order valence-electron chi connectivity index (χ3n) is 3.06. The molecule has 0 spiro atoms. The predicted octanol–water partition coefficient (Wildman–Crippen LogP) is 3.52. The number of halogens is 3. The van der Waals surface area contributed by atoms with Gasteiger partial charge in [0.1, 0.15) is 11.6 Å². The summed E-state index contributed by atoms with van der Waals surface area (Å²) in [4.78, 5) is 4.00. The van der Waals surface area contributed by atoms with Crippen LogP contribution in [0.5, 0.6) is 0 Å². The van der Waals surface area contributed by atoms with E-state index in [1.54, 1.807) is 18.2 Å². The first-order valence-electron chi connectivity index (χ1n) is 5.85. The summed E-state index contributed by atoms with van der Waals surface area (Å²) in [6.07, 6.45) is 0. The van der Waals surface area contributed by atoms with E-state index in [1.165, 1.54) is 10.6 Å². The van der Waals surface area contributed by atoms with Gasteiger partial charge in [-0.1, -0.05) is 15.9 Å². The van der Waals surface area contributed by atoms with Gasteiger partial charge in [0.15, 0.2) is 11.6 Å². The molecule has 0 aliphatic rings. The molecule has 0 aliphatic carbocycles. The highest BCUT2D eigenvalue weighted by Crippen LogP contribution is 2.29. The van der Waals surface area contributed by atoms with E-state index in [1.807, 2.05) is 6.07 Å². The van der Waals surface area contributed by atoms with Gasteiger partial charge in [0.25, 0.3) is 0 Å². The molecule has 0 radical (unpaired) electrons. The van der Waals surface area contributed by atoms with Crippen molar-refractivity contribution in [2.24, 2.45) is 0 Å². The van der Waals surface area contributed by atoms with Crippen LogP contribution in [0.1, 0.15) is 5.56 Å². The molecule has 3 rings (SSSR count). The number of imidazole rings is 1. The average Bonchev–Trinajstić information content (AvgIpc) is 2.80. The number of aromatic nitrogens is 2. The van der Waals surface area contributed by atoms with Crippen molar-refractivity contribution >= 4 is 32.9 Å². The summed E-state index contributed by atoms with van der Waals surface area (Å²) in [5.41, 5.74) is 6.54. The number of nitrogens with two attached hydrogens (primary N) is 1.